The Bertz CT molecular complexity index is 414. The van der Waals surface area contributed by atoms with Gasteiger partial charge in [-0.05, 0) is 0 Å². The molecular weight excluding hydrogens is 269 g/mol. The molecule has 4 nitrogen and oxygen atoms in total. The Balaban J connectivity index is 2.77. The van der Waals surface area contributed by atoms with Crippen molar-refractivity contribution in [3.63, 3.8) is 0 Å². The Labute approximate surface area is 107 Å². The third-order valence-electron chi connectivity index (χ3n) is 1.54. The minimum atomic E-state index is 0.0326. The number of nitrogens with zero attached hydrogens (tertiary/aromatic N) is 2. The topological polar surface area (TPSA) is 68.9 Å². The first-order chi connectivity index (χ1) is 7.50. The van der Waals surface area contributed by atoms with Crippen molar-refractivity contribution in [3.05, 3.63) is 21.9 Å². The molecular formula is C9H9Cl2N3OS. The van der Waals surface area contributed by atoms with Crippen molar-refractivity contribution in [2.24, 2.45) is 0 Å². The van der Waals surface area contributed by atoms with Crippen LogP contribution in [-0.4, -0.2) is 20.8 Å². The van der Waals surface area contributed by atoms with Crippen LogP contribution in [0.5, 0.6) is 0 Å². The van der Waals surface area contributed by atoms with Crippen molar-refractivity contribution in [1.82, 2.24) is 9.97 Å². The fourth-order valence-corrected chi connectivity index (χ4v) is 1.85. The minimum absolute atomic E-state index is 0.0326. The molecule has 0 spiro atoms. The van der Waals surface area contributed by atoms with E-state index in [2.05, 4.69) is 9.97 Å². The van der Waals surface area contributed by atoms with Crippen molar-refractivity contribution in [2.75, 3.05) is 11.5 Å². The quantitative estimate of drug-likeness (QED) is 0.861. The van der Waals surface area contributed by atoms with Crippen LogP contribution in [-0.2, 0) is 4.79 Å². The summed E-state index contributed by atoms with van der Waals surface area (Å²) in [5, 5.41) is 0.443. The highest BCUT2D eigenvalue weighted by molar-refractivity contribution is 8.13. The van der Waals surface area contributed by atoms with Crippen LogP contribution in [0.15, 0.2) is 6.08 Å². The van der Waals surface area contributed by atoms with Gasteiger partial charge in [-0.1, -0.05) is 47.1 Å². The van der Waals surface area contributed by atoms with Crippen LogP contribution < -0.4 is 5.73 Å². The molecule has 0 atom stereocenters. The van der Waals surface area contributed by atoms with E-state index >= 15 is 0 Å². The Morgan fingerprint density at radius 3 is 2.50 bits per heavy atom. The number of nitrogens with two attached hydrogens (primary N) is 1. The van der Waals surface area contributed by atoms with Crippen molar-refractivity contribution >= 4 is 52.1 Å². The van der Waals surface area contributed by atoms with Gasteiger partial charge in [0.25, 0.3) is 0 Å². The van der Waals surface area contributed by atoms with Gasteiger partial charge in [-0.2, -0.15) is 0 Å². The fourth-order valence-electron chi connectivity index (χ4n) is 0.901. The number of hydrogen-bond donors (Lipinski definition) is 1. The van der Waals surface area contributed by atoms with E-state index in [1.54, 1.807) is 12.2 Å². The van der Waals surface area contributed by atoms with Gasteiger partial charge in [0.05, 0.1) is 0 Å². The Kier molecular flexibility index (Phi) is 5.05. The number of hydrogen-bond acceptors (Lipinski definition) is 5. The molecule has 1 rings (SSSR count). The first kappa shape index (κ1) is 13.3. The summed E-state index contributed by atoms with van der Waals surface area (Å²) >= 11 is 12.9. The summed E-state index contributed by atoms with van der Waals surface area (Å²) in [6, 6.07) is 0. The van der Waals surface area contributed by atoms with E-state index in [-0.39, 0.29) is 21.4 Å². The zero-order valence-corrected chi connectivity index (χ0v) is 10.7. The molecule has 0 unspecified atom stereocenters. The lowest BCUT2D eigenvalue weighted by atomic mass is 10.3. The molecule has 86 valence electrons. The Morgan fingerprint density at radius 1 is 1.44 bits per heavy atom. The molecule has 1 aromatic rings. The maximum Gasteiger partial charge on any atom is 0.222 e. The average molecular weight is 278 g/mol. The van der Waals surface area contributed by atoms with Gasteiger partial charge >= 0.3 is 0 Å². The van der Waals surface area contributed by atoms with Crippen LogP contribution in [0.2, 0.25) is 10.3 Å². The number of carbonyl (C=O) groups excluding carboxylic acids is 1. The van der Waals surface area contributed by atoms with E-state index < -0.39 is 0 Å². The SMILES string of the molecule is CC(=O)SCC=Cc1c(Cl)nc(N)nc1Cl. The molecule has 0 aliphatic heterocycles. The van der Waals surface area contributed by atoms with Gasteiger partial charge in [0, 0.05) is 18.2 Å². The second-order valence-electron chi connectivity index (χ2n) is 2.78. The maximum atomic E-state index is 10.7. The van der Waals surface area contributed by atoms with Crippen molar-refractivity contribution < 1.29 is 4.79 Å². The minimum Gasteiger partial charge on any atom is -0.368 e. The lowest BCUT2D eigenvalue weighted by Gasteiger charge is -2.01. The molecule has 0 radical (unpaired) electrons. The predicted octanol–water partition coefficient (Wildman–Crippen LogP) is 2.66. The number of rotatable bonds is 3. The number of carbonyl (C=O) groups is 1. The van der Waals surface area contributed by atoms with Crippen molar-refractivity contribution in [3.8, 4) is 0 Å². The molecule has 0 aromatic carbocycles. The molecule has 1 aromatic heterocycles. The van der Waals surface area contributed by atoms with E-state index in [9.17, 15) is 4.79 Å². The molecule has 2 N–H and O–H groups in total. The normalized spacial score (nSPS) is 10.9. The number of aromatic nitrogens is 2. The lowest BCUT2D eigenvalue weighted by Crippen LogP contribution is -1.97. The second-order valence-corrected chi connectivity index (χ2v) is 4.70. The molecule has 7 heteroatoms. The molecule has 0 fully saturated rings. The summed E-state index contributed by atoms with van der Waals surface area (Å²) in [6.45, 7) is 1.50. The molecule has 0 amide bonds. The van der Waals surface area contributed by atoms with Gasteiger partial charge in [-0.25, -0.2) is 9.97 Å². The first-order valence-corrected chi connectivity index (χ1v) is 6.03. The second kappa shape index (κ2) is 6.08. The standard InChI is InChI=1S/C9H9Cl2N3OS/c1-5(15)16-4-2-3-6-7(10)13-9(12)14-8(6)11/h2-3H,4H2,1H3,(H2,12,13,14). The smallest absolute Gasteiger partial charge is 0.222 e. The molecule has 0 bridgehead atoms. The summed E-state index contributed by atoms with van der Waals surface area (Å²) in [5.74, 6) is 0.581. The Morgan fingerprint density at radius 2 is 2.00 bits per heavy atom. The molecule has 0 aliphatic carbocycles. The van der Waals surface area contributed by atoms with E-state index in [0.29, 0.717) is 11.3 Å². The summed E-state index contributed by atoms with van der Waals surface area (Å²) in [7, 11) is 0. The van der Waals surface area contributed by atoms with Crippen LogP contribution in [0.4, 0.5) is 5.95 Å². The highest BCUT2D eigenvalue weighted by atomic mass is 35.5. The van der Waals surface area contributed by atoms with E-state index in [0.717, 1.165) is 0 Å². The number of halogens is 2. The van der Waals surface area contributed by atoms with Gasteiger partial charge < -0.3 is 5.73 Å². The zero-order chi connectivity index (χ0) is 12.1. The number of anilines is 1. The summed E-state index contributed by atoms with van der Waals surface area (Å²) in [4.78, 5) is 18.2. The van der Waals surface area contributed by atoms with E-state index in [1.807, 2.05) is 0 Å². The lowest BCUT2D eigenvalue weighted by molar-refractivity contribution is -0.109. The van der Waals surface area contributed by atoms with Crippen molar-refractivity contribution in [1.29, 1.82) is 0 Å². The Hall–Kier alpha value is -0.780. The van der Waals surface area contributed by atoms with Gasteiger partial charge in [0.15, 0.2) is 5.12 Å². The maximum absolute atomic E-state index is 10.7. The molecule has 1 heterocycles. The van der Waals surface area contributed by atoms with Crippen molar-refractivity contribution in [2.45, 2.75) is 6.92 Å². The van der Waals surface area contributed by atoms with Gasteiger partial charge in [-0.15, -0.1) is 0 Å². The van der Waals surface area contributed by atoms with Crippen LogP contribution in [0.3, 0.4) is 0 Å². The average Bonchev–Trinajstić information content (AvgIpc) is 2.14. The monoisotopic (exact) mass is 277 g/mol. The predicted molar refractivity (Wildman–Crippen MR) is 68.6 cm³/mol. The molecule has 0 saturated heterocycles. The number of thioether (sulfide) groups is 1. The van der Waals surface area contributed by atoms with E-state index in [4.69, 9.17) is 28.9 Å². The third-order valence-corrected chi connectivity index (χ3v) is 2.88. The van der Waals surface area contributed by atoms with Crippen LogP contribution in [0.1, 0.15) is 12.5 Å². The van der Waals surface area contributed by atoms with Crippen LogP contribution in [0.25, 0.3) is 6.08 Å². The largest absolute Gasteiger partial charge is 0.368 e. The summed E-state index contributed by atoms with van der Waals surface area (Å²) in [5.41, 5.74) is 5.86. The van der Waals surface area contributed by atoms with E-state index in [1.165, 1.54) is 18.7 Å². The van der Waals surface area contributed by atoms with Crippen LogP contribution in [0, 0.1) is 0 Å². The summed E-state index contributed by atoms with van der Waals surface area (Å²) < 4.78 is 0. The number of nitrogen functional groups attached to an aromatic ring is 1. The highest BCUT2D eigenvalue weighted by Gasteiger charge is 2.06. The molecule has 0 aliphatic rings. The highest BCUT2D eigenvalue weighted by Crippen LogP contribution is 2.23. The third kappa shape index (κ3) is 4.00. The first-order valence-electron chi connectivity index (χ1n) is 4.29. The van der Waals surface area contributed by atoms with Gasteiger partial charge in [0.2, 0.25) is 5.95 Å². The van der Waals surface area contributed by atoms with Crippen LogP contribution >= 0.6 is 35.0 Å². The van der Waals surface area contributed by atoms with Gasteiger partial charge in [-0.3, -0.25) is 4.79 Å². The fraction of sp³-hybridized carbons (Fsp3) is 0.222. The molecule has 16 heavy (non-hydrogen) atoms. The molecule has 0 saturated carbocycles. The van der Waals surface area contributed by atoms with Gasteiger partial charge in [0.1, 0.15) is 10.3 Å². The summed E-state index contributed by atoms with van der Waals surface area (Å²) in [6.07, 6.45) is 3.43. The zero-order valence-electron chi connectivity index (χ0n) is 8.41.